The summed E-state index contributed by atoms with van der Waals surface area (Å²) in [5, 5.41) is 171. The number of aliphatic hydroxyl groups excluding tert-OH is 14. The predicted molar refractivity (Wildman–Crippen MR) is 254 cm³/mol. The molecule has 30 atom stereocenters. The molecule has 16 N–H and O–H groups in total. The number of hydrogen-bond donors (Lipinski definition) is 16. The molecule has 24 nitrogen and oxygen atoms in total. The Morgan fingerprint density at radius 3 is 1.81 bits per heavy atom. The molecule has 0 bridgehead atoms. The monoisotopic (exact) mass is 1080 g/mol. The lowest BCUT2D eigenvalue weighted by Crippen LogP contribution is -2.67. The SMILES string of the molecule is C[C@H](CCC(O)(O)[C@@H](C)[C@@H]1[C@@H](O)C[C@@H]2[C@H]3CC=C4C[C@H](O[C@@H]5O[C@H](CO)[C@@H](O[C@@H]6O[C@H](CO)[C@@H](O)[C@H](O)[C@H]6O)[C@H](O)[C@H]5O[C@@H]5O[C@@H](C)[C@H](O)[C@@H](O)[C@H]5O)CC[C@]4(C)[C@H]3CC[C@@]12C)CO[C@H]1O[C@@H](CO)[C@H](O)[C@@H](O)[C@@H]1O. The Bertz CT molecular complexity index is 1900. The molecule has 4 aliphatic carbocycles. The third-order valence-corrected chi connectivity index (χ3v) is 19.2. The van der Waals surface area contributed by atoms with E-state index in [0.717, 1.165) is 18.4 Å². The van der Waals surface area contributed by atoms with Crippen LogP contribution in [0.4, 0.5) is 0 Å². The van der Waals surface area contributed by atoms with Gasteiger partial charge in [-0.25, -0.2) is 0 Å². The minimum absolute atomic E-state index is 0.0191. The van der Waals surface area contributed by atoms with Gasteiger partial charge in [-0.05, 0) is 98.7 Å². The minimum atomic E-state index is -2.15. The Morgan fingerprint density at radius 2 is 1.19 bits per heavy atom. The van der Waals surface area contributed by atoms with Gasteiger partial charge in [0.1, 0.15) is 91.6 Å². The number of ether oxygens (including phenoxy) is 8. The smallest absolute Gasteiger partial charge is 0.187 e. The number of rotatable bonds is 17. The Morgan fingerprint density at radius 1 is 0.627 bits per heavy atom. The first-order chi connectivity index (χ1) is 35.3. The van der Waals surface area contributed by atoms with Crippen molar-refractivity contribution in [1.82, 2.24) is 0 Å². The van der Waals surface area contributed by atoms with Gasteiger partial charge in [0.25, 0.3) is 0 Å². The zero-order chi connectivity index (χ0) is 54.8. The van der Waals surface area contributed by atoms with Gasteiger partial charge < -0.3 is 120 Å². The molecule has 3 saturated carbocycles. The van der Waals surface area contributed by atoms with Gasteiger partial charge in [0.2, 0.25) is 0 Å². The van der Waals surface area contributed by atoms with Gasteiger partial charge in [0.15, 0.2) is 30.9 Å². The second-order valence-corrected chi connectivity index (χ2v) is 23.8. The molecule has 0 amide bonds. The molecule has 0 spiro atoms. The highest BCUT2D eigenvalue weighted by Gasteiger charge is 2.64. The maximum absolute atomic E-state index is 12.0. The van der Waals surface area contributed by atoms with E-state index >= 15 is 0 Å². The summed E-state index contributed by atoms with van der Waals surface area (Å²) in [4.78, 5) is 0. The number of hydrogen-bond acceptors (Lipinski definition) is 24. The van der Waals surface area contributed by atoms with Gasteiger partial charge in [-0.3, -0.25) is 0 Å². The van der Waals surface area contributed by atoms with E-state index < -0.39 is 178 Å². The van der Waals surface area contributed by atoms with Crippen LogP contribution in [0.1, 0.15) is 92.4 Å². The van der Waals surface area contributed by atoms with Crippen molar-refractivity contribution in [2.45, 2.75) is 233 Å². The lowest BCUT2D eigenvalue weighted by atomic mass is 9.46. The molecular weight excluding hydrogens is 997 g/mol. The molecule has 434 valence electrons. The van der Waals surface area contributed by atoms with Crippen molar-refractivity contribution >= 4 is 0 Å². The summed E-state index contributed by atoms with van der Waals surface area (Å²) < 4.78 is 47.4. The van der Waals surface area contributed by atoms with Gasteiger partial charge in [-0.15, -0.1) is 0 Å². The van der Waals surface area contributed by atoms with Gasteiger partial charge in [-0.1, -0.05) is 39.3 Å². The average Bonchev–Trinajstić information content (AvgIpc) is 3.66. The van der Waals surface area contributed by atoms with Crippen molar-refractivity contribution in [3.8, 4) is 0 Å². The van der Waals surface area contributed by atoms with E-state index in [1.807, 2.05) is 6.92 Å². The van der Waals surface area contributed by atoms with Crippen molar-refractivity contribution in [2.75, 3.05) is 26.4 Å². The van der Waals surface area contributed by atoms with Crippen molar-refractivity contribution < 1.29 is 120 Å². The van der Waals surface area contributed by atoms with Crippen LogP contribution in [-0.2, 0) is 37.9 Å². The van der Waals surface area contributed by atoms with Crippen LogP contribution in [0.5, 0.6) is 0 Å². The molecule has 75 heavy (non-hydrogen) atoms. The van der Waals surface area contributed by atoms with Crippen LogP contribution in [0.2, 0.25) is 0 Å². The van der Waals surface area contributed by atoms with E-state index in [1.165, 1.54) is 6.92 Å². The summed E-state index contributed by atoms with van der Waals surface area (Å²) in [5.41, 5.74) is 0.479. The van der Waals surface area contributed by atoms with E-state index in [4.69, 9.17) is 37.9 Å². The molecule has 4 saturated heterocycles. The van der Waals surface area contributed by atoms with Crippen molar-refractivity contribution in [2.24, 2.45) is 46.3 Å². The highest BCUT2D eigenvalue weighted by Crippen LogP contribution is 2.68. The average molecular weight is 1080 g/mol. The summed E-state index contributed by atoms with van der Waals surface area (Å²) in [6, 6.07) is 0. The molecule has 8 aliphatic rings. The molecule has 7 fully saturated rings. The quantitative estimate of drug-likeness (QED) is 0.0487. The van der Waals surface area contributed by atoms with Crippen LogP contribution >= 0.6 is 0 Å². The normalized spacial score (nSPS) is 51.3. The van der Waals surface area contributed by atoms with E-state index in [9.17, 15) is 81.7 Å². The molecule has 0 radical (unpaired) electrons. The Hall–Kier alpha value is -1.22. The van der Waals surface area contributed by atoms with E-state index in [2.05, 4.69) is 19.9 Å². The Labute approximate surface area is 436 Å². The second kappa shape index (κ2) is 23.7. The first-order valence-electron chi connectivity index (χ1n) is 27.0. The number of aliphatic hydroxyl groups is 16. The van der Waals surface area contributed by atoms with Gasteiger partial charge in [0.05, 0.1) is 44.7 Å². The Kier molecular flexibility index (Phi) is 18.9. The molecular formula is C51H86O24. The third kappa shape index (κ3) is 11.4. The fourth-order valence-corrected chi connectivity index (χ4v) is 14.5. The first kappa shape index (κ1) is 59.9. The predicted octanol–water partition coefficient (Wildman–Crippen LogP) is -4.05. The molecule has 0 aromatic heterocycles. The van der Waals surface area contributed by atoms with Crippen molar-refractivity contribution in [1.29, 1.82) is 0 Å². The topological polar surface area (TPSA) is 398 Å². The molecule has 4 aliphatic heterocycles. The largest absolute Gasteiger partial charge is 0.394 e. The van der Waals surface area contributed by atoms with Gasteiger partial charge in [-0.2, -0.15) is 0 Å². The van der Waals surface area contributed by atoms with Crippen LogP contribution in [0.25, 0.3) is 0 Å². The summed E-state index contributed by atoms with van der Waals surface area (Å²) in [7, 11) is 0. The molecule has 8 rings (SSSR count). The Balaban J connectivity index is 0.928. The zero-order valence-electron chi connectivity index (χ0n) is 43.4. The lowest BCUT2D eigenvalue weighted by Gasteiger charge is -2.59. The first-order valence-corrected chi connectivity index (χ1v) is 27.0. The molecule has 0 unspecified atom stereocenters. The molecule has 4 heterocycles. The highest BCUT2D eigenvalue weighted by atomic mass is 16.8. The van der Waals surface area contributed by atoms with Crippen molar-refractivity contribution in [3.05, 3.63) is 11.6 Å². The molecule has 24 heteroatoms. The highest BCUT2D eigenvalue weighted by molar-refractivity contribution is 5.26. The van der Waals surface area contributed by atoms with Crippen LogP contribution in [0.15, 0.2) is 11.6 Å². The van der Waals surface area contributed by atoms with Gasteiger partial charge in [0, 0.05) is 12.3 Å². The standard InChI is InChI=1S/C51H86O24/c1-20(19-68-45-39(62)37(60)34(57)29(16-52)71-45)8-13-51(66,67)21(2)32-28(55)15-27-25-7-6-23-14-24(9-11-49(23,4)26(25)10-12-50(27,32)5)70-48-44(75-46-40(63)36(59)33(56)22(3)69-46)42(65)43(31(18-54)73-48)74-47-41(64)38(61)35(58)30(17-53)72-47/h6,20-22,24-48,52-67H,7-19H2,1-5H3/t20-,21+,22+,24-,25+,26+,27-,28+,29+,30-,31-,32-,33+,34+,35-,36-,37-,38+,39+,40-,41-,42+,43-,44-,45+,46+,47+,48-,49+,50-/m1/s1. The number of fused-ring (bicyclic) bond motifs is 5. The molecule has 0 aromatic carbocycles. The summed E-state index contributed by atoms with van der Waals surface area (Å²) in [6.45, 7) is 7.39. The van der Waals surface area contributed by atoms with E-state index in [1.54, 1.807) is 6.92 Å². The maximum Gasteiger partial charge on any atom is 0.187 e. The number of allylic oxidation sites excluding steroid dienone is 1. The molecule has 0 aromatic rings. The van der Waals surface area contributed by atoms with Crippen molar-refractivity contribution in [3.63, 3.8) is 0 Å². The fourth-order valence-electron chi connectivity index (χ4n) is 14.5. The van der Waals surface area contributed by atoms with E-state index in [-0.39, 0.29) is 42.1 Å². The zero-order valence-corrected chi connectivity index (χ0v) is 43.4. The second-order valence-electron chi connectivity index (χ2n) is 23.8. The minimum Gasteiger partial charge on any atom is -0.394 e. The van der Waals surface area contributed by atoms with Crippen LogP contribution < -0.4 is 0 Å². The fraction of sp³-hybridized carbons (Fsp3) is 0.961. The van der Waals surface area contributed by atoms with Crippen LogP contribution in [-0.4, -0.2) is 249 Å². The third-order valence-electron chi connectivity index (χ3n) is 19.2. The summed E-state index contributed by atoms with van der Waals surface area (Å²) in [6.07, 6.45) is -25.4. The lowest BCUT2D eigenvalue weighted by molar-refractivity contribution is -0.389. The summed E-state index contributed by atoms with van der Waals surface area (Å²) >= 11 is 0. The van der Waals surface area contributed by atoms with Crippen LogP contribution in [0.3, 0.4) is 0 Å². The summed E-state index contributed by atoms with van der Waals surface area (Å²) in [5.74, 6) is -3.05. The van der Waals surface area contributed by atoms with Gasteiger partial charge >= 0.3 is 0 Å². The van der Waals surface area contributed by atoms with E-state index in [0.29, 0.717) is 38.5 Å². The van der Waals surface area contributed by atoms with Crippen LogP contribution in [0, 0.1) is 46.3 Å². The maximum atomic E-state index is 12.0.